The molecular formula is C14H12FIO. The maximum Gasteiger partial charge on any atom is 0.123 e. The fraction of sp³-hybridized carbons (Fsp3) is 0.143. The van der Waals surface area contributed by atoms with Gasteiger partial charge in [0.2, 0.25) is 0 Å². The molecule has 0 amide bonds. The van der Waals surface area contributed by atoms with Gasteiger partial charge in [-0.3, -0.25) is 0 Å². The summed E-state index contributed by atoms with van der Waals surface area (Å²) in [5.74, 6) is 0.629. The molecule has 3 heteroatoms. The average molecular weight is 342 g/mol. The minimum atomic E-state index is -0.222. The highest BCUT2D eigenvalue weighted by Crippen LogP contribution is 2.17. The Balaban J connectivity index is 1.99. The summed E-state index contributed by atoms with van der Waals surface area (Å²) < 4.78 is 19.3. The summed E-state index contributed by atoms with van der Waals surface area (Å²) in [7, 11) is 0. The van der Waals surface area contributed by atoms with E-state index in [0.717, 1.165) is 15.7 Å². The van der Waals surface area contributed by atoms with Crippen LogP contribution in [0.1, 0.15) is 11.1 Å². The predicted molar refractivity (Wildman–Crippen MR) is 74.9 cm³/mol. The van der Waals surface area contributed by atoms with Crippen molar-refractivity contribution in [3.05, 3.63) is 65.5 Å². The first-order chi connectivity index (χ1) is 8.28. The molecule has 0 unspecified atom stereocenters. The molecule has 0 aromatic heterocycles. The van der Waals surface area contributed by atoms with E-state index in [-0.39, 0.29) is 5.82 Å². The lowest BCUT2D eigenvalue weighted by Gasteiger charge is -2.07. The van der Waals surface area contributed by atoms with Crippen molar-refractivity contribution in [2.75, 3.05) is 0 Å². The van der Waals surface area contributed by atoms with E-state index in [1.807, 2.05) is 18.2 Å². The third-order valence-corrected chi connectivity index (χ3v) is 3.25. The molecule has 0 aliphatic heterocycles. The molecule has 88 valence electrons. The molecular weight excluding hydrogens is 330 g/mol. The topological polar surface area (TPSA) is 9.23 Å². The fourth-order valence-electron chi connectivity index (χ4n) is 1.47. The standard InChI is InChI=1S/C14H12FIO/c15-13-6-4-11(5-7-13)10-17-14-3-1-2-12(8-14)9-16/h1-8H,9-10H2. The van der Waals surface area contributed by atoms with Gasteiger partial charge in [0, 0.05) is 4.43 Å². The lowest BCUT2D eigenvalue weighted by molar-refractivity contribution is 0.306. The van der Waals surface area contributed by atoms with Crippen molar-refractivity contribution < 1.29 is 9.13 Å². The molecule has 0 bridgehead atoms. The van der Waals surface area contributed by atoms with E-state index in [0.29, 0.717) is 6.61 Å². The highest BCUT2D eigenvalue weighted by molar-refractivity contribution is 14.1. The van der Waals surface area contributed by atoms with Gasteiger partial charge in [0.1, 0.15) is 18.2 Å². The van der Waals surface area contributed by atoms with Gasteiger partial charge in [-0.05, 0) is 35.4 Å². The number of hydrogen-bond donors (Lipinski definition) is 0. The van der Waals surface area contributed by atoms with Crippen LogP contribution in [0.15, 0.2) is 48.5 Å². The van der Waals surface area contributed by atoms with Gasteiger partial charge in [0.15, 0.2) is 0 Å². The minimum Gasteiger partial charge on any atom is -0.489 e. The zero-order valence-electron chi connectivity index (χ0n) is 9.20. The van der Waals surface area contributed by atoms with Gasteiger partial charge in [-0.2, -0.15) is 0 Å². The van der Waals surface area contributed by atoms with Crippen molar-refractivity contribution in [2.45, 2.75) is 11.0 Å². The van der Waals surface area contributed by atoms with Crippen molar-refractivity contribution in [3.8, 4) is 5.75 Å². The molecule has 0 heterocycles. The van der Waals surface area contributed by atoms with Crippen LogP contribution in [-0.2, 0) is 11.0 Å². The maximum atomic E-state index is 12.7. The Morgan fingerprint density at radius 3 is 2.47 bits per heavy atom. The molecule has 0 saturated carbocycles. The molecule has 0 radical (unpaired) electrons. The average Bonchev–Trinajstić information content (AvgIpc) is 2.38. The lowest BCUT2D eigenvalue weighted by atomic mass is 10.2. The van der Waals surface area contributed by atoms with Crippen LogP contribution >= 0.6 is 22.6 Å². The van der Waals surface area contributed by atoms with Crippen LogP contribution in [0.2, 0.25) is 0 Å². The summed E-state index contributed by atoms with van der Waals surface area (Å²) in [5, 5.41) is 0. The van der Waals surface area contributed by atoms with Gasteiger partial charge in [-0.15, -0.1) is 0 Å². The van der Waals surface area contributed by atoms with E-state index < -0.39 is 0 Å². The first-order valence-electron chi connectivity index (χ1n) is 5.30. The smallest absolute Gasteiger partial charge is 0.123 e. The Bertz CT molecular complexity index is 482. The second-order valence-electron chi connectivity index (χ2n) is 3.70. The first-order valence-corrected chi connectivity index (χ1v) is 6.82. The lowest BCUT2D eigenvalue weighted by Crippen LogP contribution is -1.95. The number of benzene rings is 2. The summed E-state index contributed by atoms with van der Waals surface area (Å²) in [6.45, 7) is 0.463. The SMILES string of the molecule is Fc1ccc(COc2cccc(CI)c2)cc1. The molecule has 2 rings (SSSR count). The van der Waals surface area contributed by atoms with Gasteiger partial charge >= 0.3 is 0 Å². The first kappa shape index (κ1) is 12.4. The Kier molecular flexibility index (Phi) is 4.36. The highest BCUT2D eigenvalue weighted by Gasteiger charge is 1.98. The van der Waals surface area contributed by atoms with E-state index in [4.69, 9.17) is 4.74 Å². The van der Waals surface area contributed by atoms with E-state index in [1.54, 1.807) is 12.1 Å². The van der Waals surface area contributed by atoms with E-state index >= 15 is 0 Å². The van der Waals surface area contributed by atoms with Crippen LogP contribution in [0.25, 0.3) is 0 Å². The monoisotopic (exact) mass is 342 g/mol. The Morgan fingerprint density at radius 2 is 1.76 bits per heavy atom. The zero-order chi connectivity index (χ0) is 12.1. The molecule has 1 nitrogen and oxygen atoms in total. The number of hydrogen-bond acceptors (Lipinski definition) is 1. The molecule has 17 heavy (non-hydrogen) atoms. The molecule has 0 spiro atoms. The predicted octanol–water partition coefficient (Wildman–Crippen LogP) is 4.34. The number of ether oxygens (including phenoxy) is 1. The molecule has 0 aliphatic carbocycles. The number of halogens is 2. The Morgan fingerprint density at radius 1 is 1.00 bits per heavy atom. The maximum absolute atomic E-state index is 12.7. The molecule has 0 saturated heterocycles. The Labute approximate surface area is 114 Å². The normalized spacial score (nSPS) is 10.2. The Hall–Kier alpha value is -1.10. The van der Waals surface area contributed by atoms with Gasteiger partial charge in [0.05, 0.1) is 0 Å². The van der Waals surface area contributed by atoms with Crippen LogP contribution in [-0.4, -0.2) is 0 Å². The van der Waals surface area contributed by atoms with Crippen LogP contribution in [0.4, 0.5) is 4.39 Å². The zero-order valence-corrected chi connectivity index (χ0v) is 11.4. The van der Waals surface area contributed by atoms with Crippen molar-refractivity contribution in [1.29, 1.82) is 0 Å². The largest absolute Gasteiger partial charge is 0.489 e. The van der Waals surface area contributed by atoms with Crippen molar-refractivity contribution in [1.82, 2.24) is 0 Å². The molecule has 0 atom stereocenters. The summed E-state index contributed by atoms with van der Waals surface area (Å²) in [4.78, 5) is 0. The number of rotatable bonds is 4. The molecule has 2 aromatic rings. The third-order valence-electron chi connectivity index (χ3n) is 2.37. The molecule has 0 aliphatic rings. The quantitative estimate of drug-likeness (QED) is 0.593. The van der Waals surface area contributed by atoms with Crippen molar-refractivity contribution in [3.63, 3.8) is 0 Å². The van der Waals surface area contributed by atoms with Crippen LogP contribution in [0.5, 0.6) is 5.75 Å². The van der Waals surface area contributed by atoms with E-state index in [1.165, 1.54) is 17.7 Å². The van der Waals surface area contributed by atoms with Crippen LogP contribution < -0.4 is 4.74 Å². The molecule has 0 N–H and O–H groups in total. The van der Waals surface area contributed by atoms with Gasteiger partial charge in [-0.1, -0.05) is 46.9 Å². The second-order valence-corrected chi connectivity index (χ2v) is 4.46. The minimum absolute atomic E-state index is 0.222. The van der Waals surface area contributed by atoms with Crippen molar-refractivity contribution in [2.24, 2.45) is 0 Å². The third kappa shape index (κ3) is 3.70. The van der Waals surface area contributed by atoms with Gasteiger partial charge in [0.25, 0.3) is 0 Å². The molecule has 0 fully saturated rings. The molecule has 2 aromatic carbocycles. The van der Waals surface area contributed by atoms with Crippen molar-refractivity contribution >= 4 is 22.6 Å². The van der Waals surface area contributed by atoms with E-state index in [9.17, 15) is 4.39 Å². The van der Waals surface area contributed by atoms with Crippen LogP contribution in [0.3, 0.4) is 0 Å². The van der Waals surface area contributed by atoms with E-state index in [2.05, 4.69) is 28.7 Å². The highest BCUT2D eigenvalue weighted by atomic mass is 127. The summed E-state index contributed by atoms with van der Waals surface area (Å²) in [6.07, 6.45) is 0. The number of alkyl halides is 1. The van der Waals surface area contributed by atoms with Gasteiger partial charge in [-0.25, -0.2) is 4.39 Å². The van der Waals surface area contributed by atoms with Gasteiger partial charge < -0.3 is 4.74 Å². The summed E-state index contributed by atoms with van der Waals surface area (Å²) >= 11 is 2.32. The fourth-order valence-corrected chi connectivity index (χ4v) is 1.94. The second kappa shape index (κ2) is 6.00. The van der Waals surface area contributed by atoms with Crippen LogP contribution in [0, 0.1) is 5.82 Å². The summed E-state index contributed by atoms with van der Waals surface area (Å²) in [5.41, 5.74) is 2.20. The summed E-state index contributed by atoms with van der Waals surface area (Å²) in [6, 6.07) is 14.4.